The molecule has 0 aromatic carbocycles. The summed E-state index contributed by atoms with van der Waals surface area (Å²) in [6.07, 6.45) is 88.6. The van der Waals surface area contributed by atoms with Crippen LogP contribution in [0, 0.1) is 0 Å². The first-order valence-corrected chi connectivity index (χ1v) is 44.4. The molecular weight excluding hydrogens is 1380 g/mol. The Morgan fingerprint density at radius 1 is 0.274 bits per heavy atom. The number of hydrogen-bond donors (Lipinski definition) is 3. The molecule has 3 N–H and O–H groups in total. The molecule has 0 aromatic rings. The van der Waals surface area contributed by atoms with Crippen LogP contribution in [0.4, 0.5) is 0 Å². The Kier molecular flexibility index (Phi) is 74.8. The van der Waals surface area contributed by atoms with Gasteiger partial charge in [0.2, 0.25) is 0 Å². The Morgan fingerprint density at radius 2 is 0.509 bits per heavy atom. The predicted molar refractivity (Wildman–Crippen MR) is 436 cm³/mol. The lowest BCUT2D eigenvalue weighted by Gasteiger charge is -2.21. The Labute approximate surface area is 644 Å². The van der Waals surface area contributed by atoms with Gasteiger partial charge in [-0.25, -0.2) is 9.13 Å². The van der Waals surface area contributed by atoms with Crippen LogP contribution < -0.4 is 0 Å². The van der Waals surface area contributed by atoms with Crippen molar-refractivity contribution in [2.45, 2.75) is 354 Å². The molecule has 5 atom stereocenters. The van der Waals surface area contributed by atoms with Crippen LogP contribution in [-0.2, 0) is 65.4 Å². The molecule has 106 heavy (non-hydrogen) atoms. The number of esters is 4. The maximum atomic E-state index is 13.1. The first kappa shape index (κ1) is 101. The molecule has 0 aromatic heterocycles. The highest BCUT2D eigenvalue weighted by Gasteiger charge is 2.30. The van der Waals surface area contributed by atoms with E-state index in [1.807, 2.05) is 12.2 Å². The van der Waals surface area contributed by atoms with Gasteiger partial charge in [-0.15, -0.1) is 0 Å². The van der Waals surface area contributed by atoms with Gasteiger partial charge in [0.05, 0.1) is 26.4 Å². The van der Waals surface area contributed by atoms with Crippen molar-refractivity contribution in [3.8, 4) is 0 Å². The SMILES string of the molecule is CC/C=C\C/C=C\C/C=C\C/C=C\C/C=C\CCCCCC(=O)OC[C@H](COP(=O)(O)OC[C@@H](O)COP(=O)(O)OC[C@@H](COC(=O)CC/C=C\C/C=C\C/C=C\C/C=C\C/C=C\CCCCC)OC(=O)CCCCCCCCCCCCCCC)OC(=O)CCCCCCCCC/C=C\CCCCCC. The van der Waals surface area contributed by atoms with E-state index in [0.717, 1.165) is 154 Å². The summed E-state index contributed by atoms with van der Waals surface area (Å²) in [6.45, 7) is 4.62. The van der Waals surface area contributed by atoms with Crippen molar-refractivity contribution in [2.75, 3.05) is 39.6 Å². The molecule has 0 bridgehead atoms. The minimum Gasteiger partial charge on any atom is -0.462 e. The molecule has 0 saturated carbocycles. The van der Waals surface area contributed by atoms with Crippen LogP contribution in [0.1, 0.15) is 336 Å². The van der Waals surface area contributed by atoms with Gasteiger partial charge >= 0.3 is 39.5 Å². The standard InChI is InChI=1S/C87H148O17P2/c1-5-9-13-17-21-25-29-33-36-38-40-42-45-48-51-55-59-63-67-71-84(89)97-77-82(103-86(91)73-69-65-61-57-53-47-32-28-24-20-16-12-8-4)79-101-105(93,94)99-75-81(88)76-100-106(95,96)102-80-83(104-87(92)74-70-66-62-58-54-50-44-35-31-27-23-19-15-11-7-3)78-98-85(90)72-68-64-60-56-52-49-46-43-41-39-37-34-30-26-22-18-14-10-6-2/h10,14,21-22,25-27,31,33-34,36-37,40-43,48-49,51-52,59,63,81-83,88H,5-9,11-13,15-20,23-24,28-30,32,35,38-39,44-47,50,53-58,60-62,64-80H2,1-4H3,(H,93,94)(H,95,96)/b14-10-,25-21-,26-22-,31-27-,36-33-,37-34-,42-40-,43-41-,51-48-,52-49-,63-59-/t81-,82+,83+/m0/s1. The molecule has 0 radical (unpaired) electrons. The zero-order valence-corrected chi connectivity index (χ0v) is 68.4. The largest absolute Gasteiger partial charge is 0.472 e. The second-order valence-corrected chi connectivity index (χ2v) is 30.2. The van der Waals surface area contributed by atoms with E-state index in [2.05, 4.69) is 149 Å². The molecule has 608 valence electrons. The molecule has 19 heteroatoms. The summed E-state index contributed by atoms with van der Waals surface area (Å²) in [5.74, 6) is -2.30. The normalized spacial score (nSPS) is 14.5. The van der Waals surface area contributed by atoms with Gasteiger partial charge in [-0.1, -0.05) is 309 Å². The summed E-state index contributed by atoms with van der Waals surface area (Å²) in [5.41, 5.74) is 0. The lowest BCUT2D eigenvalue weighted by molar-refractivity contribution is -0.161. The molecule has 0 amide bonds. The number of carbonyl (C=O) groups is 4. The second-order valence-electron chi connectivity index (χ2n) is 27.3. The molecule has 0 aliphatic heterocycles. The van der Waals surface area contributed by atoms with Crippen molar-refractivity contribution < 1.29 is 80.2 Å². The zero-order valence-electron chi connectivity index (χ0n) is 66.6. The number of hydrogen-bond acceptors (Lipinski definition) is 15. The molecule has 0 saturated heterocycles. The number of rotatable bonds is 77. The van der Waals surface area contributed by atoms with Gasteiger partial charge in [0.25, 0.3) is 0 Å². The summed E-state index contributed by atoms with van der Waals surface area (Å²) in [4.78, 5) is 73.1. The number of ether oxygens (including phenoxy) is 4. The van der Waals surface area contributed by atoms with Gasteiger partial charge in [0.15, 0.2) is 12.2 Å². The van der Waals surface area contributed by atoms with Crippen LogP contribution in [-0.4, -0.2) is 96.7 Å². The van der Waals surface area contributed by atoms with Crippen LogP contribution in [0.5, 0.6) is 0 Å². The molecule has 0 rings (SSSR count). The zero-order chi connectivity index (χ0) is 77.4. The molecule has 17 nitrogen and oxygen atoms in total. The maximum Gasteiger partial charge on any atom is 0.472 e. The van der Waals surface area contributed by atoms with Gasteiger partial charge in [-0.2, -0.15) is 0 Å². The first-order chi connectivity index (χ1) is 51.7. The third kappa shape index (κ3) is 77.4. The highest BCUT2D eigenvalue weighted by atomic mass is 31.2. The number of carbonyl (C=O) groups excluding carboxylic acids is 4. The van der Waals surface area contributed by atoms with Gasteiger partial charge < -0.3 is 33.8 Å². The van der Waals surface area contributed by atoms with Crippen molar-refractivity contribution in [3.05, 3.63) is 134 Å². The van der Waals surface area contributed by atoms with Gasteiger partial charge in [0.1, 0.15) is 19.3 Å². The number of aliphatic hydroxyl groups is 1. The van der Waals surface area contributed by atoms with Gasteiger partial charge in [-0.05, 0) is 135 Å². The third-order valence-electron chi connectivity index (χ3n) is 17.1. The smallest absolute Gasteiger partial charge is 0.462 e. The van der Waals surface area contributed by atoms with E-state index < -0.39 is 97.5 Å². The van der Waals surface area contributed by atoms with E-state index in [1.54, 1.807) is 0 Å². The summed E-state index contributed by atoms with van der Waals surface area (Å²) in [5, 5.41) is 10.7. The molecule has 2 unspecified atom stereocenters. The Bertz CT molecular complexity index is 2530. The first-order valence-electron chi connectivity index (χ1n) is 41.4. The van der Waals surface area contributed by atoms with E-state index in [9.17, 15) is 43.2 Å². The number of aliphatic hydroxyl groups excluding tert-OH is 1. The fourth-order valence-corrected chi connectivity index (χ4v) is 12.4. The highest BCUT2D eigenvalue weighted by Crippen LogP contribution is 2.45. The number of allylic oxidation sites excluding steroid dienone is 22. The Balaban J connectivity index is 5.43. The van der Waals surface area contributed by atoms with Gasteiger partial charge in [0, 0.05) is 25.7 Å². The molecule has 0 spiro atoms. The average Bonchev–Trinajstić information content (AvgIpc) is 0.933. The van der Waals surface area contributed by atoms with Crippen LogP contribution in [0.2, 0.25) is 0 Å². The molecule has 0 aliphatic carbocycles. The van der Waals surface area contributed by atoms with Crippen LogP contribution in [0.25, 0.3) is 0 Å². The topological polar surface area (TPSA) is 237 Å². The lowest BCUT2D eigenvalue weighted by Crippen LogP contribution is -2.30. The summed E-state index contributed by atoms with van der Waals surface area (Å²) in [6, 6.07) is 0. The summed E-state index contributed by atoms with van der Waals surface area (Å²) >= 11 is 0. The van der Waals surface area contributed by atoms with Crippen LogP contribution in [0.15, 0.2) is 134 Å². The van der Waals surface area contributed by atoms with Crippen LogP contribution in [0.3, 0.4) is 0 Å². The number of phosphoric ester groups is 2. The Hall–Kier alpha value is -4.80. The fourth-order valence-electron chi connectivity index (χ4n) is 10.8. The molecule has 0 aliphatic rings. The molecule has 0 fully saturated rings. The van der Waals surface area contributed by atoms with Crippen molar-refractivity contribution in [1.29, 1.82) is 0 Å². The monoisotopic (exact) mass is 1530 g/mol. The van der Waals surface area contributed by atoms with Crippen LogP contribution >= 0.6 is 15.6 Å². The van der Waals surface area contributed by atoms with Crippen molar-refractivity contribution in [1.82, 2.24) is 0 Å². The predicted octanol–water partition coefficient (Wildman–Crippen LogP) is 24.4. The van der Waals surface area contributed by atoms with Gasteiger partial charge in [-0.3, -0.25) is 37.3 Å². The van der Waals surface area contributed by atoms with Crippen molar-refractivity contribution in [3.63, 3.8) is 0 Å². The lowest BCUT2D eigenvalue weighted by atomic mass is 10.0. The summed E-state index contributed by atoms with van der Waals surface area (Å²) in [7, 11) is -9.99. The van der Waals surface area contributed by atoms with E-state index in [4.69, 9.17) is 37.0 Å². The van der Waals surface area contributed by atoms with E-state index in [-0.39, 0.29) is 25.7 Å². The van der Waals surface area contributed by atoms with E-state index in [0.29, 0.717) is 32.1 Å². The minimum atomic E-state index is -5.00. The summed E-state index contributed by atoms with van der Waals surface area (Å²) < 4.78 is 68.6. The second kappa shape index (κ2) is 78.3. The molecule has 0 heterocycles. The molecular formula is C87H148O17P2. The minimum absolute atomic E-state index is 0.0373. The number of unbranched alkanes of at least 4 members (excludes halogenated alkanes) is 29. The Morgan fingerprint density at radius 3 is 0.858 bits per heavy atom. The third-order valence-corrected chi connectivity index (χ3v) is 19.0. The van der Waals surface area contributed by atoms with Crippen molar-refractivity contribution >= 4 is 39.5 Å². The average molecular weight is 1530 g/mol. The fraction of sp³-hybridized carbons (Fsp3) is 0.701. The van der Waals surface area contributed by atoms with Crippen molar-refractivity contribution in [2.24, 2.45) is 0 Å². The van der Waals surface area contributed by atoms with E-state index >= 15 is 0 Å². The maximum absolute atomic E-state index is 13.1. The quantitative estimate of drug-likeness (QED) is 0.0169. The van der Waals surface area contributed by atoms with E-state index in [1.165, 1.54) is 96.3 Å². The number of phosphoric acid groups is 2. The highest BCUT2D eigenvalue weighted by molar-refractivity contribution is 7.47.